The smallest absolute Gasteiger partial charge is 0.0130 e. The quantitative estimate of drug-likeness (QED) is 0.616. The van der Waals surface area contributed by atoms with E-state index in [0.717, 1.165) is 24.3 Å². The third-order valence-corrected chi connectivity index (χ3v) is 5.73. The van der Waals surface area contributed by atoms with E-state index in [1.165, 1.54) is 54.2 Å². The molecule has 0 amide bonds. The summed E-state index contributed by atoms with van der Waals surface area (Å²) in [6.45, 7) is 6.87. The van der Waals surface area contributed by atoms with Crippen LogP contribution in [0.5, 0.6) is 0 Å². The summed E-state index contributed by atoms with van der Waals surface area (Å²) in [4.78, 5) is 0. The lowest BCUT2D eigenvalue weighted by molar-refractivity contribution is 0.168. The summed E-state index contributed by atoms with van der Waals surface area (Å²) in [6, 6.07) is 9.16. The molecule has 0 spiro atoms. The van der Waals surface area contributed by atoms with E-state index >= 15 is 0 Å². The van der Waals surface area contributed by atoms with Crippen molar-refractivity contribution >= 4 is 22.6 Å². The van der Waals surface area contributed by atoms with Crippen LogP contribution < -0.4 is 5.32 Å². The molecule has 0 radical (unpaired) electrons. The SMILES string of the molecule is CCCC1CCC(CNCC)C(Cc2ccc(I)cc2)C1. The van der Waals surface area contributed by atoms with Crippen LogP contribution in [-0.2, 0) is 6.42 Å². The van der Waals surface area contributed by atoms with Crippen molar-refractivity contribution in [2.45, 2.75) is 52.4 Å². The van der Waals surface area contributed by atoms with Crippen molar-refractivity contribution in [3.8, 4) is 0 Å². The monoisotopic (exact) mass is 399 g/mol. The molecule has 1 fully saturated rings. The van der Waals surface area contributed by atoms with Gasteiger partial charge in [0.1, 0.15) is 0 Å². The lowest BCUT2D eigenvalue weighted by Crippen LogP contribution is -2.34. The van der Waals surface area contributed by atoms with E-state index in [9.17, 15) is 0 Å². The van der Waals surface area contributed by atoms with Crippen molar-refractivity contribution in [2.24, 2.45) is 17.8 Å². The van der Waals surface area contributed by atoms with Crippen LogP contribution in [0.4, 0.5) is 0 Å². The Bertz CT molecular complexity index is 401. The fourth-order valence-corrected chi connectivity index (χ4v) is 4.23. The fraction of sp³-hybridized carbons (Fsp3) is 0.684. The van der Waals surface area contributed by atoms with Gasteiger partial charge in [-0.25, -0.2) is 0 Å². The van der Waals surface area contributed by atoms with Gasteiger partial charge >= 0.3 is 0 Å². The van der Waals surface area contributed by atoms with Gasteiger partial charge in [0.15, 0.2) is 0 Å². The lowest BCUT2D eigenvalue weighted by Gasteiger charge is -2.36. The maximum absolute atomic E-state index is 3.59. The topological polar surface area (TPSA) is 12.0 Å². The maximum atomic E-state index is 3.59. The minimum absolute atomic E-state index is 0.870. The molecule has 1 saturated carbocycles. The normalized spacial score (nSPS) is 26.0. The first-order valence-corrected chi connectivity index (χ1v) is 9.76. The van der Waals surface area contributed by atoms with E-state index in [0.29, 0.717) is 0 Å². The van der Waals surface area contributed by atoms with Gasteiger partial charge < -0.3 is 5.32 Å². The zero-order valence-corrected chi connectivity index (χ0v) is 15.7. The van der Waals surface area contributed by atoms with Crippen LogP contribution in [0.2, 0.25) is 0 Å². The summed E-state index contributed by atoms with van der Waals surface area (Å²) in [5.41, 5.74) is 1.53. The van der Waals surface area contributed by atoms with E-state index in [1.54, 1.807) is 0 Å². The van der Waals surface area contributed by atoms with Crippen molar-refractivity contribution in [3.05, 3.63) is 33.4 Å². The highest BCUT2D eigenvalue weighted by atomic mass is 127. The second kappa shape index (κ2) is 9.14. The molecule has 1 N–H and O–H groups in total. The zero-order chi connectivity index (χ0) is 15.1. The molecule has 21 heavy (non-hydrogen) atoms. The lowest BCUT2D eigenvalue weighted by atomic mass is 9.70. The predicted octanol–water partition coefficient (Wildman–Crippen LogP) is 5.28. The molecule has 1 aromatic carbocycles. The number of hydrogen-bond donors (Lipinski definition) is 1. The number of hydrogen-bond acceptors (Lipinski definition) is 1. The second-order valence-electron chi connectivity index (χ2n) is 6.63. The van der Waals surface area contributed by atoms with E-state index in [-0.39, 0.29) is 0 Å². The summed E-state index contributed by atoms with van der Waals surface area (Å²) >= 11 is 2.39. The molecule has 1 nitrogen and oxygen atoms in total. The first-order valence-electron chi connectivity index (χ1n) is 8.68. The van der Waals surface area contributed by atoms with E-state index < -0.39 is 0 Å². The molecule has 3 atom stereocenters. The van der Waals surface area contributed by atoms with Crippen LogP contribution in [0.15, 0.2) is 24.3 Å². The van der Waals surface area contributed by atoms with Gasteiger partial charge in [-0.05, 0) is 90.4 Å². The first-order chi connectivity index (χ1) is 10.2. The summed E-state index contributed by atoms with van der Waals surface area (Å²) in [6.07, 6.45) is 8.36. The summed E-state index contributed by atoms with van der Waals surface area (Å²) in [5.74, 6) is 2.72. The van der Waals surface area contributed by atoms with Crippen molar-refractivity contribution in [1.82, 2.24) is 5.32 Å². The van der Waals surface area contributed by atoms with Gasteiger partial charge in [-0.2, -0.15) is 0 Å². The van der Waals surface area contributed by atoms with Crippen LogP contribution in [-0.4, -0.2) is 13.1 Å². The van der Waals surface area contributed by atoms with Gasteiger partial charge in [-0.15, -0.1) is 0 Å². The zero-order valence-electron chi connectivity index (χ0n) is 13.6. The Morgan fingerprint density at radius 1 is 1.10 bits per heavy atom. The van der Waals surface area contributed by atoms with Gasteiger partial charge in [0.05, 0.1) is 0 Å². The number of nitrogens with one attached hydrogen (secondary N) is 1. The van der Waals surface area contributed by atoms with E-state index in [1.807, 2.05) is 0 Å². The van der Waals surface area contributed by atoms with Crippen LogP contribution in [0.1, 0.15) is 51.5 Å². The van der Waals surface area contributed by atoms with Gasteiger partial charge in [0, 0.05) is 3.57 Å². The molecular weight excluding hydrogens is 369 g/mol. The Balaban J connectivity index is 1.99. The molecule has 0 bridgehead atoms. The molecule has 2 heteroatoms. The Morgan fingerprint density at radius 3 is 2.52 bits per heavy atom. The fourth-order valence-electron chi connectivity index (χ4n) is 3.87. The molecule has 0 heterocycles. The van der Waals surface area contributed by atoms with Crippen molar-refractivity contribution in [3.63, 3.8) is 0 Å². The predicted molar refractivity (Wildman–Crippen MR) is 101 cm³/mol. The average Bonchev–Trinajstić information content (AvgIpc) is 2.49. The molecule has 0 aromatic heterocycles. The molecule has 1 aliphatic carbocycles. The average molecular weight is 399 g/mol. The number of benzene rings is 1. The highest BCUT2D eigenvalue weighted by Gasteiger charge is 2.29. The van der Waals surface area contributed by atoms with Crippen molar-refractivity contribution in [1.29, 1.82) is 0 Å². The third kappa shape index (κ3) is 5.55. The summed E-state index contributed by atoms with van der Waals surface area (Å²) < 4.78 is 1.34. The van der Waals surface area contributed by atoms with Crippen LogP contribution >= 0.6 is 22.6 Å². The van der Waals surface area contributed by atoms with Crippen molar-refractivity contribution < 1.29 is 0 Å². The second-order valence-corrected chi connectivity index (χ2v) is 7.87. The maximum Gasteiger partial charge on any atom is 0.0130 e. The molecule has 2 rings (SSSR count). The molecule has 3 unspecified atom stereocenters. The molecular formula is C19H30IN. The van der Waals surface area contributed by atoms with E-state index in [4.69, 9.17) is 0 Å². The summed E-state index contributed by atoms with van der Waals surface area (Å²) in [7, 11) is 0. The van der Waals surface area contributed by atoms with Crippen LogP contribution in [0, 0.1) is 21.3 Å². The van der Waals surface area contributed by atoms with Crippen LogP contribution in [0.25, 0.3) is 0 Å². The van der Waals surface area contributed by atoms with Crippen LogP contribution in [0.3, 0.4) is 0 Å². The molecule has 1 aromatic rings. The minimum atomic E-state index is 0.870. The Hall–Kier alpha value is -0.0900. The highest BCUT2D eigenvalue weighted by Crippen LogP contribution is 2.37. The largest absolute Gasteiger partial charge is 0.317 e. The first kappa shape index (κ1) is 17.3. The standard InChI is InChI=1S/C19H30IN/c1-3-5-15-6-9-17(14-21-4-2)18(12-15)13-16-7-10-19(20)11-8-16/h7-8,10-11,15,17-18,21H,3-6,9,12-14H2,1-2H3. The Kier molecular flexibility index (Phi) is 7.51. The number of halogens is 1. The molecule has 0 aliphatic heterocycles. The van der Waals surface area contributed by atoms with Gasteiger partial charge in [-0.1, -0.05) is 45.2 Å². The van der Waals surface area contributed by atoms with Gasteiger partial charge in [0.25, 0.3) is 0 Å². The third-order valence-electron chi connectivity index (χ3n) is 5.01. The molecule has 118 valence electrons. The molecule has 0 saturated heterocycles. The Labute approximate surface area is 144 Å². The van der Waals surface area contributed by atoms with Gasteiger partial charge in [-0.3, -0.25) is 0 Å². The molecule has 1 aliphatic rings. The minimum Gasteiger partial charge on any atom is -0.317 e. The highest BCUT2D eigenvalue weighted by molar-refractivity contribution is 14.1. The number of rotatable bonds is 7. The summed E-state index contributed by atoms with van der Waals surface area (Å²) in [5, 5.41) is 3.59. The van der Waals surface area contributed by atoms with Gasteiger partial charge in [0.2, 0.25) is 0 Å². The Morgan fingerprint density at radius 2 is 1.86 bits per heavy atom. The van der Waals surface area contributed by atoms with Crippen molar-refractivity contribution in [2.75, 3.05) is 13.1 Å². The van der Waals surface area contributed by atoms with E-state index in [2.05, 4.69) is 66.0 Å².